The molecule has 2 aromatic heterocycles. The minimum atomic E-state index is -0.293. The Kier molecular flexibility index (Phi) is 4.54. The van der Waals surface area contributed by atoms with Crippen LogP contribution in [0.3, 0.4) is 0 Å². The van der Waals surface area contributed by atoms with Gasteiger partial charge in [-0.3, -0.25) is 4.98 Å². The van der Waals surface area contributed by atoms with E-state index in [1.807, 2.05) is 5.38 Å². The first-order valence-corrected chi connectivity index (χ1v) is 6.58. The van der Waals surface area contributed by atoms with Gasteiger partial charge >= 0.3 is 0 Å². The molecule has 94 valence electrons. The number of thiazole rings is 1. The highest BCUT2D eigenvalue weighted by Crippen LogP contribution is 2.09. The number of pyridine rings is 1. The van der Waals surface area contributed by atoms with Crippen molar-refractivity contribution in [3.63, 3.8) is 0 Å². The third-order valence-electron chi connectivity index (χ3n) is 2.13. The van der Waals surface area contributed by atoms with Crippen LogP contribution in [0.5, 0.6) is 0 Å². The summed E-state index contributed by atoms with van der Waals surface area (Å²) >= 11 is 6.54. The van der Waals surface area contributed by atoms with Gasteiger partial charge in [0.25, 0.3) is 0 Å². The molecule has 2 heterocycles. The predicted octanol–water partition coefficient (Wildman–Crippen LogP) is 2.21. The fourth-order valence-electron chi connectivity index (χ4n) is 1.32. The molecule has 0 unspecified atom stereocenters. The van der Waals surface area contributed by atoms with E-state index in [1.54, 1.807) is 18.5 Å². The predicted molar refractivity (Wildman–Crippen MR) is 74.2 cm³/mol. The van der Waals surface area contributed by atoms with Crippen LogP contribution in [0.25, 0.3) is 0 Å². The van der Waals surface area contributed by atoms with Crippen LogP contribution >= 0.6 is 23.6 Å². The Morgan fingerprint density at radius 2 is 2.28 bits per heavy atom. The number of hydrogen-bond donors (Lipinski definition) is 2. The van der Waals surface area contributed by atoms with Gasteiger partial charge in [0.05, 0.1) is 5.69 Å². The molecule has 0 saturated heterocycles. The minimum absolute atomic E-state index is 0.293. The molecule has 7 heteroatoms. The maximum atomic E-state index is 13.3. The number of nitrogens with one attached hydrogen (secondary N) is 2. The lowest BCUT2D eigenvalue weighted by Crippen LogP contribution is -2.30. The molecule has 0 fully saturated rings. The van der Waals surface area contributed by atoms with Gasteiger partial charge in [-0.15, -0.1) is 11.3 Å². The molecule has 0 aromatic carbocycles. The van der Waals surface area contributed by atoms with Crippen LogP contribution in [0.4, 0.5) is 9.52 Å². The van der Waals surface area contributed by atoms with Crippen molar-refractivity contribution in [3.05, 3.63) is 41.4 Å². The first-order valence-electron chi connectivity index (χ1n) is 5.29. The summed E-state index contributed by atoms with van der Waals surface area (Å²) in [6.45, 7) is 0.519. The van der Waals surface area contributed by atoms with Gasteiger partial charge in [0, 0.05) is 30.7 Å². The largest absolute Gasteiger partial charge is 0.362 e. The Balaban J connectivity index is 1.75. The molecule has 0 aliphatic rings. The number of halogens is 1. The van der Waals surface area contributed by atoms with E-state index in [1.165, 1.54) is 17.4 Å². The maximum Gasteiger partial charge on any atom is 0.188 e. The zero-order valence-corrected chi connectivity index (χ0v) is 11.0. The molecule has 0 aliphatic carbocycles. The van der Waals surface area contributed by atoms with Crippen LogP contribution in [0.15, 0.2) is 29.9 Å². The molecule has 2 rings (SSSR count). The summed E-state index contributed by atoms with van der Waals surface area (Å²) in [5.74, 6) is -0.293. The van der Waals surface area contributed by atoms with Crippen molar-refractivity contribution >= 4 is 33.8 Å². The lowest BCUT2D eigenvalue weighted by atomic mass is 10.2. The average molecular weight is 282 g/mol. The van der Waals surface area contributed by atoms with Crippen molar-refractivity contribution in [3.8, 4) is 0 Å². The smallest absolute Gasteiger partial charge is 0.188 e. The molecule has 18 heavy (non-hydrogen) atoms. The number of hydrogen-bond acceptors (Lipinski definition) is 4. The van der Waals surface area contributed by atoms with Crippen LogP contribution in [0.2, 0.25) is 0 Å². The monoisotopic (exact) mass is 282 g/mol. The summed E-state index contributed by atoms with van der Waals surface area (Å²) in [6.07, 6.45) is 3.75. The highest BCUT2D eigenvalue weighted by atomic mass is 32.1. The highest BCUT2D eigenvalue weighted by Gasteiger charge is 2.03. The first-order chi connectivity index (χ1) is 8.75. The fourth-order valence-corrected chi connectivity index (χ4v) is 2.12. The van der Waals surface area contributed by atoms with Crippen LogP contribution in [-0.2, 0) is 6.42 Å². The van der Waals surface area contributed by atoms with Gasteiger partial charge in [0.15, 0.2) is 10.2 Å². The third kappa shape index (κ3) is 3.71. The van der Waals surface area contributed by atoms with Crippen LogP contribution in [0.1, 0.15) is 5.69 Å². The van der Waals surface area contributed by atoms with E-state index in [-0.39, 0.29) is 5.82 Å². The first kappa shape index (κ1) is 12.8. The summed E-state index contributed by atoms with van der Waals surface area (Å²) in [6, 6.07) is 2.97. The molecule has 0 bridgehead atoms. The Morgan fingerprint density at radius 3 is 3.00 bits per heavy atom. The number of rotatable bonds is 4. The molecule has 0 spiro atoms. The van der Waals surface area contributed by atoms with Crippen molar-refractivity contribution in [2.24, 2.45) is 0 Å². The maximum absolute atomic E-state index is 13.3. The zero-order valence-electron chi connectivity index (χ0n) is 9.39. The number of aromatic nitrogens is 2. The topological polar surface area (TPSA) is 49.8 Å². The highest BCUT2D eigenvalue weighted by molar-refractivity contribution is 7.80. The molecule has 0 atom stereocenters. The number of nitrogens with zero attached hydrogens (tertiary/aromatic N) is 2. The van der Waals surface area contributed by atoms with Crippen LogP contribution in [-0.4, -0.2) is 21.6 Å². The van der Waals surface area contributed by atoms with Crippen molar-refractivity contribution in [2.75, 3.05) is 11.9 Å². The molecule has 2 aromatic rings. The second-order valence-electron chi connectivity index (χ2n) is 3.40. The van der Waals surface area contributed by atoms with E-state index >= 15 is 0 Å². The van der Waals surface area contributed by atoms with Gasteiger partial charge < -0.3 is 10.6 Å². The lowest BCUT2D eigenvalue weighted by Gasteiger charge is -2.08. The third-order valence-corrected chi connectivity index (χ3v) is 3.07. The van der Waals surface area contributed by atoms with Gasteiger partial charge in [-0.25, -0.2) is 9.37 Å². The van der Waals surface area contributed by atoms with Crippen LogP contribution in [0, 0.1) is 5.82 Å². The van der Waals surface area contributed by atoms with Crippen molar-refractivity contribution in [1.29, 1.82) is 0 Å². The zero-order chi connectivity index (χ0) is 12.8. The summed E-state index contributed by atoms with van der Waals surface area (Å²) in [4.78, 5) is 8.01. The minimum Gasteiger partial charge on any atom is -0.362 e. The molecule has 0 aliphatic heterocycles. The van der Waals surface area contributed by atoms with Crippen LogP contribution < -0.4 is 10.6 Å². The lowest BCUT2D eigenvalue weighted by molar-refractivity contribution is 0.596. The van der Waals surface area contributed by atoms with E-state index in [9.17, 15) is 4.39 Å². The molecular formula is C11H11FN4S2. The SMILES string of the molecule is Fc1cccnc1CCNC(=S)Nc1nccs1. The Morgan fingerprint density at radius 1 is 1.39 bits per heavy atom. The van der Waals surface area contributed by atoms with Gasteiger partial charge in [-0.2, -0.15) is 0 Å². The van der Waals surface area contributed by atoms with Gasteiger partial charge in [-0.1, -0.05) is 0 Å². The Hall–Kier alpha value is -1.60. The Bertz CT molecular complexity index is 516. The summed E-state index contributed by atoms with van der Waals surface area (Å²) in [5.41, 5.74) is 0.432. The van der Waals surface area contributed by atoms with Gasteiger partial charge in [0.1, 0.15) is 5.82 Å². The number of thiocarbonyl (C=S) groups is 1. The van der Waals surface area contributed by atoms with E-state index < -0.39 is 0 Å². The fraction of sp³-hybridized carbons (Fsp3) is 0.182. The molecule has 0 amide bonds. The molecular weight excluding hydrogens is 271 g/mol. The summed E-state index contributed by atoms with van der Waals surface area (Å²) in [7, 11) is 0. The van der Waals surface area contributed by atoms with E-state index in [0.717, 1.165) is 5.13 Å². The average Bonchev–Trinajstić information content (AvgIpc) is 2.84. The molecule has 0 saturated carbocycles. The van der Waals surface area contributed by atoms with E-state index in [2.05, 4.69) is 20.6 Å². The summed E-state index contributed by atoms with van der Waals surface area (Å²) in [5, 5.41) is 8.98. The quantitative estimate of drug-likeness (QED) is 0.842. The molecule has 2 N–H and O–H groups in total. The van der Waals surface area contributed by atoms with Crippen molar-refractivity contribution in [1.82, 2.24) is 15.3 Å². The van der Waals surface area contributed by atoms with Crippen molar-refractivity contribution in [2.45, 2.75) is 6.42 Å². The van der Waals surface area contributed by atoms with Crippen molar-refractivity contribution < 1.29 is 4.39 Å². The standard InChI is InChI=1S/C11H11FN4S2/c12-8-2-1-4-13-9(8)3-5-14-10(17)16-11-15-6-7-18-11/h1-2,4,6-7H,3,5H2,(H2,14,15,16,17). The summed E-state index contributed by atoms with van der Waals surface area (Å²) < 4.78 is 13.3. The van der Waals surface area contributed by atoms with Gasteiger partial charge in [0.2, 0.25) is 0 Å². The molecule has 0 radical (unpaired) electrons. The van der Waals surface area contributed by atoms with E-state index in [0.29, 0.717) is 23.8 Å². The second kappa shape index (κ2) is 6.36. The second-order valence-corrected chi connectivity index (χ2v) is 4.70. The van der Waals surface area contributed by atoms with E-state index in [4.69, 9.17) is 12.2 Å². The Labute approximate surface area is 113 Å². The molecule has 4 nitrogen and oxygen atoms in total. The number of anilines is 1. The van der Waals surface area contributed by atoms with Gasteiger partial charge in [-0.05, 0) is 24.4 Å². The normalized spacial score (nSPS) is 10.1.